The number of carbonyl (C=O) groups is 2. The lowest BCUT2D eigenvalue weighted by Crippen LogP contribution is -2.30. The largest absolute Gasteiger partial charge is 0.508 e. The maximum absolute atomic E-state index is 12.4. The predicted molar refractivity (Wildman–Crippen MR) is 118 cm³/mol. The Morgan fingerprint density at radius 2 is 1.40 bits per heavy atom. The van der Waals surface area contributed by atoms with Crippen molar-refractivity contribution in [3.63, 3.8) is 0 Å². The molecule has 0 aliphatic rings. The third kappa shape index (κ3) is 5.17. The maximum Gasteiger partial charge on any atom is 0.338 e. The lowest BCUT2D eigenvalue weighted by Gasteiger charge is -2.15. The van der Waals surface area contributed by atoms with Gasteiger partial charge in [-0.2, -0.15) is 0 Å². The number of carbonyl (C=O) groups excluding carboxylic acids is 2. The van der Waals surface area contributed by atoms with Crippen LogP contribution in [0.4, 0.5) is 11.4 Å². The van der Waals surface area contributed by atoms with Gasteiger partial charge in [0.25, 0.3) is 5.91 Å². The Bertz CT molecular complexity index is 1010. The fourth-order valence-electron chi connectivity index (χ4n) is 2.82. The normalized spacial score (nSPS) is 11.4. The number of aromatic hydroxyl groups is 1. The molecule has 0 saturated heterocycles. The number of anilines is 2. The number of benzene rings is 3. The Balaban J connectivity index is 1.59. The number of phenolic OH excluding ortho intramolecular Hbond substituents is 1. The van der Waals surface area contributed by atoms with E-state index in [2.05, 4.69) is 5.32 Å². The molecule has 0 heterocycles. The van der Waals surface area contributed by atoms with Crippen LogP contribution in [0.3, 0.4) is 0 Å². The van der Waals surface area contributed by atoms with Gasteiger partial charge in [-0.3, -0.25) is 4.79 Å². The molecule has 1 atom stereocenters. The molecule has 30 heavy (non-hydrogen) atoms. The average molecular weight is 404 g/mol. The summed E-state index contributed by atoms with van der Waals surface area (Å²) in [6.07, 6.45) is -0.942. The van der Waals surface area contributed by atoms with Crippen molar-refractivity contribution in [2.45, 2.75) is 13.0 Å². The van der Waals surface area contributed by atoms with E-state index in [4.69, 9.17) is 4.74 Å². The second-order valence-electron chi connectivity index (χ2n) is 7.10. The molecule has 6 nitrogen and oxygen atoms in total. The van der Waals surface area contributed by atoms with E-state index >= 15 is 0 Å². The van der Waals surface area contributed by atoms with Gasteiger partial charge in [-0.25, -0.2) is 4.79 Å². The van der Waals surface area contributed by atoms with Gasteiger partial charge in [0.1, 0.15) is 5.75 Å². The zero-order chi connectivity index (χ0) is 21.7. The van der Waals surface area contributed by atoms with Crippen molar-refractivity contribution in [3.05, 3.63) is 78.4 Å². The highest BCUT2D eigenvalue weighted by atomic mass is 16.5. The van der Waals surface area contributed by atoms with Gasteiger partial charge in [0.05, 0.1) is 5.56 Å². The number of esters is 1. The zero-order valence-corrected chi connectivity index (χ0v) is 17.1. The van der Waals surface area contributed by atoms with Gasteiger partial charge in [0.2, 0.25) is 0 Å². The molecule has 154 valence electrons. The van der Waals surface area contributed by atoms with Crippen LogP contribution in [-0.2, 0) is 9.53 Å². The van der Waals surface area contributed by atoms with E-state index in [0.29, 0.717) is 11.3 Å². The molecule has 6 heteroatoms. The minimum absolute atomic E-state index is 0.194. The number of hydrogen-bond acceptors (Lipinski definition) is 5. The summed E-state index contributed by atoms with van der Waals surface area (Å²) >= 11 is 0. The smallest absolute Gasteiger partial charge is 0.338 e. The SMILES string of the molecule is CC(OC(=O)c1ccc(-c2ccc(O)cc2)cc1)C(=O)Nc1ccc(N(C)C)cc1. The first kappa shape index (κ1) is 20.9. The molecule has 0 spiro atoms. The number of amides is 1. The summed E-state index contributed by atoms with van der Waals surface area (Å²) in [5, 5.41) is 12.1. The van der Waals surface area contributed by atoms with E-state index in [1.54, 1.807) is 60.7 Å². The second kappa shape index (κ2) is 9.13. The topological polar surface area (TPSA) is 78.9 Å². The summed E-state index contributed by atoms with van der Waals surface area (Å²) in [4.78, 5) is 26.7. The van der Waals surface area contributed by atoms with Gasteiger partial charge in [-0.05, 0) is 66.6 Å². The summed E-state index contributed by atoms with van der Waals surface area (Å²) in [5.41, 5.74) is 3.82. The third-order valence-electron chi connectivity index (χ3n) is 4.63. The van der Waals surface area contributed by atoms with Crippen molar-refractivity contribution in [3.8, 4) is 16.9 Å². The van der Waals surface area contributed by atoms with Crippen molar-refractivity contribution in [1.29, 1.82) is 0 Å². The molecule has 0 fully saturated rings. The average Bonchev–Trinajstić information content (AvgIpc) is 2.74. The fourth-order valence-corrected chi connectivity index (χ4v) is 2.82. The molecule has 1 unspecified atom stereocenters. The van der Waals surface area contributed by atoms with E-state index in [9.17, 15) is 14.7 Å². The molecule has 0 aliphatic heterocycles. The molecular weight excluding hydrogens is 380 g/mol. The molecule has 0 radical (unpaired) electrons. The highest BCUT2D eigenvalue weighted by molar-refractivity contribution is 5.97. The van der Waals surface area contributed by atoms with Crippen LogP contribution >= 0.6 is 0 Å². The molecule has 3 aromatic carbocycles. The summed E-state index contributed by atoms with van der Waals surface area (Å²) in [6.45, 7) is 1.53. The van der Waals surface area contributed by atoms with Crippen LogP contribution in [0.1, 0.15) is 17.3 Å². The molecule has 1 amide bonds. The number of rotatable bonds is 6. The van der Waals surface area contributed by atoms with Crippen molar-refractivity contribution < 1.29 is 19.4 Å². The van der Waals surface area contributed by atoms with Crippen LogP contribution in [0.2, 0.25) is 0 Å². The number of nitrogens with one attached hydrogen (secondary N) is 1. The number of phenols is 1. The van der Waals surface area contributed by atoms with Gasteiger partial charge in [0.15, 0.2) is 6.10 Å². The lowest BCUT2D eigenvalue weighted by atomic mass is 10.0. The number of hydrogen-bond donors (Lipinski definition) is 2. The molecule has 0 aromatic heterocycles. The molecule has 3 rings (SSSR count). The van der Waals surface area contributed by atoms with E-state index in [1.807, 2.05) is 31.1 Å². The molecule has 2 N–H and O–H groups in total. The summed E-state index contributed by atoms with van der Waals surface area (Å²) in [6, 6.07) is 21.0. The Morgan fingerprint density at radius 3 is 1.93 bits per heavy atom. The second-order valence-corrected chi connectivity index (χ2v) is 7.10. The van der Waals surface area contributed by atoms with Gasteiger partial charge < -0.3 is 20.1 Å². The van der Waals surface area contributed by atoms with Crippen LogP contribution in [0.25, 0.3) is 11.1 Å². The highest BCUT2D eigenvalue weighted by Gasteiger charge is 2.19. The van der Waals surface area contributed by atoms with Crippen LogP contribution < -0.4 is 10.2 Å². The van der Waals surface area contributed by atoms with Gasteiger partial charge in [-0.1, -0.05) is 24.3 Å². The Kier molecular flexibility index (Phi) is 6.37. The first-order chi connectivity index (χ1) is 14.3. The van der Waals surface area contributed by atoms with Crippen molar-refractivity contribution in [2.24, 2.45) is 0 Å². The van der Waals surface area contributed by atoms with E-state index in [0.717, 1.165) is 16.8 Å². The van der Waals surface area contributed by atoms with Gasteiger partial charge >= 0.3 is 5.97 Å². The summed E-state index contributed by atoms with van der Waals surface area (Å²) in [5.74, 6) is -0.778. The monoisotopic (exact) mass is 404 g/mol. The number of nitrogens with zero attached hydrogens (tertiary/aromatic N) is 1. The van der Waals surface area contributed by atoms with Gasteiger partial charge in [0, 0.05) is 25.5 Å². The van der Waals surface area contributed by atoms with E-state index < -0.39 is 18.0 Å². The maximum atomic E-state index is 12.4. The third-order valence-corrected chi connectivity index (χ3v) is 4.63. The minimum Gasteiger partial charge on any atom is -0.508 e. The molecule has 0 saturated carbocycles. The minimum atomic E-state index is -0.942. The van der Waals surface area contributed by atoms with E-state index in [-0.39, 0.29) is 5.75 Å². The zero-order valence-electron chi connectivity index (χ0n) is 17.1. The van der Waals surface area contributed by atoms with E-state index in [1.165, 1.54) is 6.92 Å². The summed E-state index contributed by atoms with van der Waals surface area (Å²) < 4.78 is 5.30. The Labute approximate surface area is 175 Å². The quantitative estimate of drug-likeness (QED) is 0.599. The van der Waals surface area contributed by atoms with Crippen molar-refractivity contribution >= 4 is 23.3 Å². The molecule has 3 aromatic rings. The molecule has 0 aliphatic carbocycles. The number of ether oxygens (including phenoxy) is 1. The Morgan fingerprint density at radius 1 is 0.867 bits per heavy atom. The summed E-state index contributed by atoms with van der Waals surface area (Å²) in [7, 11) is 3.87. The van der Waals surface area contributed by atoms with Crippen molar-refractivity contribution in [1.82, 2.24) is 0 Å². The molecular formula is C24H24N2O4. The van der Waals surface area contributed by atoms with Crippen LogP contribution in [0.5, 0.6) is 5.75 Å². The highest BCUT2D eigenvalue weighted by Crippen LogP contribution is 2.22. The van der Waals surface area contributed by atoms with Crippen LogP contribution in [0, 0.1) is 0 Å². The van der Waals surface area contributed by atoms with Crippen molar-refractivity contribution in [2.75, 3.05) is 24.3 Å². The lowest BCUT2D eigenvalue weighted by molar-refractivity contribution is -0.123. The molecule has 0 bridgehead atoms. The predicted octanol–water partition coefficient (Wildman–Crippen LogP) is 4.31. The van der Waals surface area contributed by atoms with Crippen LogP contribution in [0.15, 0.2) is 72.8 Å². The first-order valence-corrected chi connectivity index (χ1v) is 9.52. The first-order valence-electron chi connectivity index (χ1n) is 9.52. The fraction of sp³-hybridized carbons (Fsp3) is 0.167. The Hall–Kier alpha value is -3.80. The van der Waals surface area contributed by atoms with Crippen LogP contribution in [-0.4, -0.2) is 37.2 Å². The van der Waals surface area contributed by atoms with Gasteiger partial charge in [-0.15, -0.1) is 0 Å². The standard InChI is InChI=1S/C24H24N2O4/c1-16(23(28)25-20-10-12-21(13-11-20)26(2)3)30-24(29)19-6-4-17(5-7-19)18-8-14-22(27)15-9-18/h4-16,27H,1-3H3,(H,25,28).